The summed E-state index contributed by atoms with van der Waals surface area (Å²) in [5.74, 6) is 0.0840. The van der Waals surface area contributed by atoms with E-state index in [2.05, 4.69) is 23.7 Å². The maximum absolute atomic E-state index is 12.2. The van der Waals surface area contributed by atoms with Gasteiger partial charge in [0.15, 0.2) is 0 Å². The standard InChI is InChI=1S/C15H21N3O2/c1-11(2)17-8-13-14(9-17)20-10-15(19)18(13)7-12-4-3-5-16-6-12/h3-6,11,13-14H,7-10H2,1-2H3. The number of rotatable bonds is 3. The second kappa shape index (κ2) is 5.50. The Hall–Kier alpha value is -1.46. The zero-order valence-corrected chi connectivity index (χ0v) is 12.0. The minimum atomic E-state index is 0.0840. The molecule has 0 saturated carbocycles. The van der Waals surface area contributed by atoms with Crippen molar-refractivity contribution in [2.75, 3.05) is 19.7 Å². The molecule has 5 nitrogen and oxygen atoms in total. The molecule has 0 radical (unpaired) electrons. The van der Waals surface area contributed by atoms with Gasteiger partial charge in [-0.2, -0.15) is 0 Å². The number of carbonyl (C=O) groups is 1. The number of amides is 1. The Labute approximate surface area is 119 Å². The van der Waals surface area contributed by atoms with Crippen LogP contribution in [0.2, 0.25) is 0 Å². The SMILES string of the molecule is CC(C)N1CC2OCC(=O)N(Cc3cccnc3)C2C1. The van der Waals surface area contributed by atoms with E-state index in [-0.39, 0.29) is 24.7 Å². The topological polar surface area (TPSA) is 45.7 Å². The van der Waals surface area contributed by atoms with Gasteiger partial charge in [-0.3, -0.25) is 14.7 Å². The van der Waals surface area contributed by atoms with Crippen LogP contribution in [0.15, 0.2) is 24.5 Å². The first-order chi connectivity index (χ1) is 9.65. The Balaban J connectivity index is 1.76. The van der Waals surface area contributed by atoms with Crippen molar-refractivity contribution >= 4 is 5.91 Å². The third kappa shape index (κ3) is 2.55. The molecule has 2 atom stereocenters. The molecule has 3 heterocycles. The molecule has 108 valence electrons. The van der Waals surface area contributed by atoms with Crippen LogP contribution in [0, 0.1) is 0 Å². The van der Waals surface area contributed by atoms with Crippen molar-refractivity contribution in [3.8, 4) is 0 Å². The number of fused-ring (bicyclic) bond motifs is 1. The first kappa shape index (κ1) is 13.5. The van der Waals surface area contributed by atoms with E-state index in [0.29, 0.717) is 12.6 Å². The number of likely N-dealkylation sites (tertiary alicyclic amines) is 1. The van der Waals surface area contributed by atoms with Crippen molar-refractivity contribution in [1.82, 2.24) is 14.8 Å². The van der Waals surface area contributed by atoms with Crippen LogP contribution in [0.3, 0.4) is 0 Å². The van der Waals surface area contributed by atoms with E-state index in [9.17, 15) is 4.79 Å². The smallest absolute Gasteiger partial charge is 0.249 e. The average Bonchev–Trinajstić information content (AvgIpc) is 2.88. The second-order valence-electron chi connectivity index (χ2n) is 5.85. The summed E-state index contributed by atoms with van der Waals surface area (Å²) in [5, 5.41) is 0. The Kier molecular flexibility index (Phi) is 3.72. The first-order valence-corrected chi connectivity index (χ1v) is 7.19. The minimum Gasteiger partial charge on any atom is -0.365 e. The van der Waals surface area contributed by atoms with Gasteiger partial charge in [-0.25, -0.2) is 0 Å². The summed E-state index contributed by atoms with van der Waals surface area (Å²) < 4.78 is 5.71. The molecule has 2 fully saturated rings. The van der Waals surface area contributed by atoms with Gasteiger partial charge in [0.25, 0.3) is 0 Å². The Morgan fingerprint density at radius 1 is 1.45 bits per heavy atom. The highest BCUT2D eigenvalue weighted by Gasteiger charge is 2.43. The van der Waals surface area contributed by atoms with Crippen molar-refractivity contribution in [3.63, 3.8) is 0 Å². The molecule has 0 aliphatic carbocycles. The number of ether oxygens (including phenoxy) is 1. The van der Waals surface area contributed by atoms with E-state index in [1.165, 1.54) is 0 Å². The summed E-state index contributed by atoms with van der Waals surface area (Å²) in [7, 11) is 0. The van der Waals surface area contributed by atoms with Crippen LogP contribution in [0.1, 0.15) is 19.4 Å². The average molecular weight is 275 g/mol. The monoisotopic (exact) mass is 275 g/mol. The van der Waals surface area contributed by atoms with Crippen molar-refractivity contribution in [2.24, 2.45) is 0 Å². The molecule has 0 spiro atoms. The highest BCUT2D eigenvalue weighted by Crippen LogP contribution is 2.26. The summed E-state index contributed by atoms with van der Waals surface area (Å²) in [4.78, 5) is 20.6. The predicted molar refractivity (Wildman–Crippen MR) is 75.0 cm³/mol. The van der Waals surface area contributed by atoms with Crippen LogP contribution in [-0.2, 0) is 16.1 Å². The number of morpholine rings is 1. The molecule has 20 heavy (non-hydrogen) atoms. The first-order valence-electron chi connectivity index (χ1n) is 7.19. The van der Waals surface area contributed by atoms with Gasteiger partial charge in [0.2, 0.25) is 5.91 Å². The highest BCUT2D eigenvalue weighted by atomic mass is 16.5. The molecular weight excluding hydrogens is 254 g/mol. The van der Waals surface area contributed by atoms with E-state index >= 15 is 0 Å². The number of nitrogens with zero attached hydrogens (tertiary/aromatic N) is 3. The molecule has 0 aromatic carbocycles. The minimum absolute atomic E-state index is 0.0840. The van der Waals surface area contributed by atoms with Gasteiger partial charge < -0.3 is 9.64 Å². The van der Waals surface area contributed by atoms with Crippen LogP contribution in [0.4, 0.5) is 0 Å². The zero-order chi connectivity index (χ0) is 14.1. The van der Waals surface area contributed by atoms with Crippen molar-refractivity contribution in [2.45, 2.75) is 38.6 Å². The second-order valence-corrected chi connectivity index (χ2v) is 5.85. The van der Waals surface area contributed by atoms with E-state index in [4.69, 9.17) is 4.74 Å². The van der Waals surface area contributed by atoms with E-state index in [1.807, 2.05) is 23.2 Å². The van der Waals surface area contributed by atoms with Gasteiger partial charge in [0.05, 0.1) is 12.1 Å². The molecule has 5 heteroatoms. The fourth-order valence-corrected chi connectivity index (χ4v) is 3.01. The molecule has 1 aromatic heterocycles. The van der Waals surface area contributed by atoms with Crippen molar-refractivity contribution in [3.05, 3.63) is 30.1 Å². The molecule has 0 N–H and O–H groups in total. The van der Waals surface area contributed by atoms with Crippen LogP contribution < -0.4 is 0 Å². The third-order valence-corrected chi connectivity index (χ3v) is 4.21. The lowest BCUT2D eigenvalue weighted by Crippen LogP contribution is -2.53. The van der Waals surface area contributed by atoms with E-state index in [0.717, 1.165) is 18.7 Å². The Morgan fingerprint density at radius 2 is 2.30 bits per heavy atom. The maximum Gasteiger partial charge on any atom is 0.249 e. The lowest BCUT2D eigenvalue weighted by molar-refractivity contribution is -0.153. The number of hydrogen-bond donors (Lipinski definition) is 0. The summed E-state index contributed by atoms with van der Waals surface area (Å²) >= 11 is 0. The lowest BCUT2D eigenvalue weighted by atomic mass is 10.1. The molecule has 2 aliphatic rings. The molecule has 2 unspecified atom stereocenters. The Morgan fingerprint density at radius 3 is 3.00 bits per heavy atom. The molecule has 1 aromatic rings. The Bertz CT molecular complexity index is 477. The number of pyridine rings is 1. The number of hydrogen-bond acceptors (Lipinski definition) is 4. The van der Waals surface area contributed by atoms with Gasteiger partial charge in [-0.15, -0.1) is 0 Å². The van der Waals surface area contributed by atoms with Crippen LogP contribution in [-0.4, -0.2) is 58.6 Å². The lowest BCUT2D eigenvalue weighted by Gasteiger charge is -2.36. The van der Waals surface area contributed by atoms with Crippen LogP contribution in [0.5, 0.6) is 0 Å². The summed E-state index contributed by atoms with van der Waals surface area (Å²) in [6.45, 7) is 7.01. The molecular formula is C15H21N3O2. The maximum atomic E-state index is 12.2. The number of carbonyl (C=O) groups excluding carboxylic acids is 1. The largest absolute Gasteiger partial charge is 0.365 e. The summed E-state index contributed by atoms with van der Waals surface area (Å²) in [6.07, 6.45) is 3.72. The zero-order valence-electron chi connectivity index (χ0n) is 12.0. The van der Waals surface area contributed by atoms with Crippen molar-refractivity contribution in [1.29, 1.82) is 0 Å². The third-order valence-electron chi connectivity index (χ3n) is 4.21. The summed E-state index contributed by atoms with van der Waals surface area (Å²) in [6, 6.07) is 4.57. The molecule has 3 rings (SSSR count). The van der Waals surface area contributed by atoms with Gasteiger partial charge in [-0.1, -0.05) is 6.07 Å². The fraction of sp³-hybridized carbons (Fsp3) is 0.600. The van der Waals surface area contributed by atoms with Gasteiger partial charge in [-0.05, 0) is 25.5 Å². The van der Waals surface area contributed by atoms with E-state index < -0.39 is 0 Å². The quantitative estimate of drug-likeness (QED) is 0.822. The summed E-state index contributed by atoms with van der Waals surface area (Å²) in [5.41, 5.74) is 1.07. The molecule has 1 amide bonds. The predicted octanol–water partition coefficient (Wildman–Crippen LogP) is 0.902. The van der Waals surface area contributed by atoms with Gasteiger partial charge in [0.1, 0.15) is 6.61 Å². The normalized spacial score (nSPS) is 27.1. The highest BCUT2D eigenvalue weighted by molar-refractivity contribution is 5.78. The molecule has 2 saturated heterocycles. The van der Waals surface area contributed by atoms with Crippen molar-refractivity contribution < 1.29 is 9.53 Å². The van der Waals surface area contributed by atoms with Gasteiger partial charge in [0, 0.05) is 38.1 Å². The fourth-order valence-electron chi connectivity index (χ4n) is 3.01. The van der Waals surface area contributed by atoms with Crippen LogP contribution >= 0.6 is 0 Å². The van der Waals surface area contributed by atoms with E-state index in [1.54, 1.807) is 6.20 Å². The molecule has 0 bridgehead atoms. The molecule has 2 aliphatic heterocycles. The van der Waals surface area contributed by atoms with Gasteiger partial charge >= 0.3 is 0 Å². The van der Waals surface area contributed by atoms with Crippen LogP contribution in [0.25, 0.3) is 0 Å². The number of aromatic nitrogens is 1.